The van der Waals surface area contributed by atoms with Gasteiger partial charge in [0.25, 0.3) is 0 Å². The third kappa shape index (κ3) is 5.94. The maximum Gasteiger partial charge on any atom is 0.329 e. The van der Waals surface area contributed by atoms with Crippen molar-refractivity contribution in [1.82, 2.24) is 5.32 Å². The standard InChI is InChI=1S/C22H26N2O4/c1-14(2)20(24-22(27)23-17-8-6-5-7-9-17)21(26)28-13-19(25)18-12-15(3)10-11-16(18)4/h5-12,14,20H,13H2,1-4H3,(H2,23,24,27)/t20-/m1/s1. The highest BCUT2D eigenvalue weighted by molar-refractivity contribution is 6.00. The Bertz CT molecular complexity index is 847. The summed E-state index contributed by atoms with van der Waals surface area (Å²) in [5.74, 6) is -1.12. The van der Waals surface area contributed by atoms with Crippen molar-refractivity contribution in [3.05, 3.63) is 65.2 Å². The van der Waals surface area contributed by atoms with Crippen LogP contribution in [-0.4, -0.2) is 30.4 Å². The Hall–Kier alpha value is -3.15. The van der Waals surface area contributed by atoms with Crippen LogP contribution in [0.1, 0.15) is 35.3 Å². The number of carbonyl (C=O) groups excluding carboxylic acids is 3. The van der Waals surface area contributed by atoms with Crippen molar-refractivity contribution in [2.45, 2.75) is 33.7 Å². The predicted octanol–water partition coefficient (Wildman–Crippen LogP) is 3.88. The Balaban J connectivity index is 1.96. The summed E-state index contributed by atoms with van der Waals surface area (Å²) in [5.41, 5.74) is 2.93. The molecule has 2 aromatic rings. The number of esters is 1. The lowest BCUT2D eigenvalue weighted by atomic mass is 10.0. The molecule has 0 aromatic heterocycles. The second kappa shape index (κ2) is 9.69. The number of nitrogens with one attached hydrogen (secondary N) is 2. The van der Waals surface area contributed by atoms with E-state index in [0.29, 0.717) is 11.3 Å². The first-order valence-electron chi connectivity index (χ1n) is 9.17. The van der Waals surface area contributed by atoms with Crippen molar-refractivity contribution >= 4 is 23.5 Å². The van der Waals surface area contributed by atoms with E-state index in [9.17, 15) is 14.4 Å². The minimum Gasteiger partial charge on any atom is -0.456 e. The molecular weight excluding hydrogens is 356 g/mol. The fraction of sp³-hybridized carbons (Fsp3) is 0.318. The minimum atomic E-state index is -0.866. The van der Waals surface area contributed by atoms with Crippen LogP contribution in [0.2, 0.25) is 0 Å². The second-order valence-electron chi connectivity index (χ2n) is 7.04. The lowest BCUT2D eigenvalue weighted by molar-refractivity contribution is -0.145. The molecule has 0 fully saturated rings. The van der Waals surface area contributed by atoms with E-state index in [-0.39, 0.29) is 18.3 Å². The van der Waals surface area contributed by atoms with Crippen LogP contribution in [0.5, 0.6) is 0 Å². The minimum absolute atomic E-state index is 0.204. The Morgan fingerprint density at radius 1 is 1.00 bits per heavy atom. The van der Waals surface area contributed by atoms with Gasteiger partial charge in [-0.1, -0.05) is 49.7 Å². The Labute approximate surface area is 165 Å². The molecule has 28 heavy (non-hydrogen) atoms. The summed E-state index contributed by atoms with van der Waals surface area (Å²) in [4.78, 5) is 37.0. The van der Waals surface area contributed by atoms with Crippen LogP contribution in [0.3, 0.4) is 0 Å². The van der Waals surface area contributed by atoms with Gasteiger partial charge in [-0.25, -0.2) is 9.59 Å². The number of carbonyl (C=O) groups is 3. The molecule has 2 amide bonds. The van der Waals surface area contributed by atoms with Gasteiger partial charge in [0.1, 0.15) is 6.04 Å². The van der Waals surface area contributed by atoms with Gasteiger partial charge in [-0.05, 0) is 43.5 Å². The molecule has 0 aliphatic heterocycles. The fourth-order valence-electron chi connectivity index (χ4n) is 2.67. The van der Waals surface area contributed by atoms with Crippen LogP contribution in [-0.2, 0) is 9.53 Å². The number of rotatable bonds is 7. The van der Waals surface area contributed by atoms with Crippen LogP contribution in [0, 0.1) is 19.8 Å². The van der Waals surface area contributed by atoms with Crippen LogP contribution < -0.4 is 10.6 Å². The summed E-state index contributed by atoms with van der Waals surface area (Å²) in [7, 11) is 0. The molecule has 0 aliphatic rings. The maximum atomic E-state index is 12.4. The lowest BCUT2D eigenvalue weighted by Crippen LogP contribution is -2.47. The molecule has 2 rings (SSSR count). The largest absolute Gasteiger partial charge is 0.456 e. The van der Waals surface area contributed by atoms with Gasteiger partial charge in [0.05, 0.1) is 0 Å². The predicted molar refractivity (Wildman–Crippen MR) is 108 cm³/mol. The van der Waals surface area contributed by atoms with Gasteiger partial charge in [0.2, 0.25) is 5.78 Å². The van der Waals surface area contributed by atoms with E-state index in [0.717, 1.165) is 11.1 Å². The van der Waals surface area contributed by atoms with Gasteiger partial charge in [0, 0.05) is 11.3 Å². The van der Waals surface area contributed by atoms with Crippen LogP contribution >= 0.6 is 0 Å². The molecule has 148 valence electrons. The van der Waals surface area contributed by atoms with Gasteiger partial charge in [0.15, 0.2) is 6.61 Å². The molecule has 1 atom stereocenters. The number of para-hydroxylation sites is 1. The summed E-state index contributed by atoms with van der Waals surface area (Å²) in [6, 6.07) is 13.1. The Morgan fingerprint density at radius 2 is 1.68 bits per heavy atom. The quantitative estimate of drug-likeness (QED) is 0.562. The molecule has 0 spiro atoms. The molecular formula is C22H26N2O4. The number of amides is 2. The van der Waals surface area contributed by atoms with Crippen molar-refractivity contribution in [1.29, 1.82) is 0 Å². The summed E-state index contributed by atoms with van der Waals surface area (Å²) in [6.07, 6.45) is 0. The highest BCUT2D eigenvalue weighted by Gasteiger charge is 2.26. The van der Waals surface area contributed by atoms with E-state index in [1.165, 1.54) is 0 Å². The van der Waals surface area contributed by atoms with Crippen molar-refractivity contribution < 1.29 is 19.1 Å². The maximum absolute atomic E-state index is 12.4. The third-order valence-electron chi connectivity index (χ3n) is 4.28. The zero-order chi connectivity index (χ0) is 20.7. The summed E-state index contributed by atoms with van der Waals surface area (Å²) >= 11 is 0. The van der Waals surface area contributed by atoms with Crippen molar-refractivity contribution in [3.8, 4) is 0 Å². The molecule has 0 aliphatic carbocycles. The molecule has 6 nitrogen and oxygen atoms in total. The number of anilines is 1. The summed E-state index contributed by atoms with van der Waals surface area (Å²) in [5, 5.41) is 5.27. The SMILES string of the molecule is Cc1ccc(C)c(C(=O)COC(=O)[C@H](NC(=O)Nc2ccccc2)C(C)C)c1. The van der Waals surface area contributed by atoms with Gasteiger partial charge < -0.3 is 15.4 Å². The third-order valence-corrected chi connectivity index (χ3v) is 4.28. The van der Waals surface area contributed by atoms with Gasteiger partial charge in [-0.2, -0.15) is 0 Å². The molecule has 2 aromatic carbocycles. The number of aryl methyl sites for hydroxylation is 2. The Kier molecular flexibility index (Phi) is 7.32. The molecule has 0 heterocycles. The Morgan fingerprint density at radius 3 is 2.32 bits per heavy atom. The fourth-order valence-corrected chi connectivity index (χ4v) is 2.67. The second-order valence-corrected chi connectivity index (χ2v) is 7.04. The van der Waals surface area contributed by atoms with E-state index < -0.39 is 18.0 Å². The van der Waals surface area contributed by atoms with E-state index in [1.54, 1.807) is 44.2 Å². The van der Waals surface area contributed by atoms with E-state index in [4.69, 9.17) is 4.74 Å². The summed E-state index contributed by atoms with van der Waals surface area (Å²) in [6.45, 7) is 6.95. The number of ether oxygens (including phenoxy) is 1. The molecule has 0 saturated heterocycles. The number of hydrogen-bond donors (Lipinski definition) is 2. The first-order chi connectivity index (χ1) is 13.3. The first kappa shape index (κ1) is 21.2. The van der Waals surface area contributed by atoms with Crippen molar-refractivity contribution in [3.63, 3.8) is 0 Å². The lowest BCUT2D eigenvalue weighted by Gasteiger charge is -2.21. The van der Waals surface area contributed by atoms with Crippen molar-refractivity contribution in [2.75, 3.05) is 11.9 Å². The smallest absolute Gasteiger partial charge is 0.329 e. The number of hydrogen-bond acceptors (Lipinski definition) is 4. The van der Waals surface area contributed by atoms with Crippen LogP contribution in [0.4, 0.5) is 10.5 Å². The summed E-state index contributed by atoms with van der Waals surface area (Å²) < 4.78 is 5.20. The number of ketones is 1. The number of benzene rings is 2. The molecule has 0 saturated carbocycles. The molecule has 0 radical (unpaired) electrons. The monoisotopic (exact) mass is 382 g/mol. The van der Waals surface area contributed by atoms with E-state index in [1.807, 2.05) is 32.0 Å². The highest BCUT2D eigenvalue weighted by Crippen LogP contribution is 2.12. The zero-order valence-electron chi connectivity index (χ0n) is 16.6. The average molecular weight is 382 g/mol. The van der Waals surface area contributed by atoms with E-state index in [2.05, 4.69) is 10.6 Å². The van der Waals surface area contributed by atoms with Crippen LogP contribution in [0.15, 0.2) is 48.5 Å². The molecule has 0 bridgehead atoms. The topological polar surface area (TPSA) is 84.5 Å². The highest BCUT2D eigenvalue weighted by atomic mass is 16.5. The van der Waals surface area contributed by atoms with E-state index >= 15 is 0 Å². The molecule has 6 heteroatoms. The zero-order valence-corrected chi connectivity index (χ0v) is 16.6. The number of Topliss-reactive ketones (excluding diaryl/α,β-unsaturated/α-hetero) is 1. The normalized spacial score (nSPS) is 11.6. The van der Waals surface area contributed by atoms with Gasteiger partial charge >= 0.3 is 12.0 Å². The van der Waals surface area contributed by atoms with Gasteiger partial charge in [-0.3, -0.25) is 4.79 Å². The van der Waals surface area contributed by atoms with Gasteiger partial charge in [-0.15, -0.1) is 0 Å². The molecule has 0 unspecified atom stereocenters. The number of urea groups is 1. The van der Waals surface area contributed by atoms with Crippen molar-refractivity contribution in [2.24, 2.45) is 5.92 Å². The van der Waals surface area contributed by atoms with Crippen LogP contribution in [0.25, 0.3) is 0 Å². The molecule has 2 N–H and O–H groups in total. The first-order valence-corrected chi connectivity index (χ1v) is 9.17. The average Bonchev–Trinajstić information content (AvgIpc) is 2.66.